The molecular formula is C17H20F3N3O3S2. The normalized spacial score (nSPS) is 21.5. The molecule has 28 heavy (non-hydrogen) atoms. The SMILES string of the molecule is C[C@H]1CN(S(=O)(=O)c2nccs2)CCN1c1ccc([C@@](C)(O)C(F)(F)F)cc1. The molecule has 3 rings (SSSR count). The van der Waals surface area contributed by atoms with E-state index in [1.165, 1.54) is 34.8 Å². The molecule has 2 heterocycles. The quantitative estimate of drug-likeness (QED) is 0.800. The largest absolute Gasteiger partial charge is 0.421 e. The number of alkyl halides is 3. The van der Waals surface area contributed by atoms with Crippen LogP contribution in [0.2, 0.25) is 0 Å². The maximum Gasteiger partial charge on any atom is 0.421 e. The van der Waals surface area contributed by atoms with E-state index in [0.29, 0.717) is 19.2 Å². The predicted octanol–water partition coefficient (Wildman–Crippen LogP) is 2.81. The molecular weight excluding hydrogens is 415 g/mol. The number of thiazole rings is 1. The third-order valence-corrected chi connectivity index (χ3v) is 7.92. The maximum atomic E-state index is 13.0. The fourth-order valence-electron chi connectivity index (χ4n) is 3.12. The molecule has 0 bridgehead atoms. The Morgan fingerprint density at radius 2 is 1.86 bits per heavy atom. The summed E-state index contributed by atoms with van der Waals surface area (Å²) in [5, 5.41) is 11.4. The van der Waals surface area contributed by atoms with Crippen molar-refractivity contribution in [3.05, 3.63) is 41.4 Å². The van der Waals surface area contributed by atoms with Crippen molar-refractivity contribution in [2.45, 2.75) is 36.0 Å². The van der Waals surface area contributed by atoms with E-state index >= 15 is 0 Å². The fourth-order valence-corrected chi connectivity index (χ4v) is 5.59. The Morgan fingerprint density at radius 1 is 1.21 bits per heavy atom. The molecule has 2 aromatic rings. The summed E-state index contributed by atoms with van der Waals surface area (Å²) in [6, 6.07) is 5.33. The molecule has 1 aliphatic heterocycles. The van der Waals surface area contributed by atoms with E-state index in [-0.39, 0.29) is 29.0 Å². The number of anilines is 1. The van der Waals surface area contributed by atoms with Gasteiger partial charge in [0.15, 0.2) is 5.60 Å². The second-order valence-electron chi connectivity index (χ2n) is 6.82. The van der Waals surface area contributed by atoms with Gasteiger partial charge in [0, 0.05) is 42.9 Å². The number of benzene rings is 1. The lowest BCUT2D eigenvalue weighted by Gasteiger charge is -2.40. The van der Waals surface area contributed by atoms with Gasteiger partial charge in [-0.25, -0.2) is 13.4 Å². The zero-order valence-corrected chi connectivity index (χ0v) is 16.9. The Bertz CT molecular complexity index is 913. The van der Waals surface area contributed by atoms with Crippen LogP contribution >= 0.6 is 11.3 Å². The van der Waals surface area contributed by atoms with Crippen molar-refractivity contribution < 1.29 is 26.7 Å². The van der Waals surface area contributed by atoms with Crippen LogP contribution in [0.25, 0.3) is 0 Å². The van der Waals surface area contributed by atoms with E-state index in [1.54, 1.807) is 5.38 Å². The predicted molar refractivity (Wildman–Crippen MR) is 99.7 cm³/mol. The number of sulfonamides is 1. The smallest absolute Gasteiger partial charge is 0.376 e. The summed E-state index contributed by atoms with van der Waals surface area (Å²) in [6.07, 6.45) is -3.34. The number of hydrogen-bond acceptors (Lipinski definition) is 6. The number of rotatable bonds is 4. The standard InChI is InChI=1S/C17H20F3N3O3S2/c1-12-11-22(28(25,26)15-21-7-10-27-15)8-9-23(12)14-5-3-13(4-6-14)16(2,24)17(18,19)20/h3-7,10,12,24H,8-9,11H2,1-2H3/t12-,16+/m0/s1. The minimum absolute atomic E-state index is 0.0480. The van der Waals surface area contributed by atoms with Crippen molar-refractivity contribution in [2.24, 2.45) is 0 Å². The van der Waals surface area contributed by atoms with E-state index in [9.17, 15) is 26.7 Å². The maximum absolute atomic E-state index is 13.0. The van der Waals surface area contributed by atoms with Crippen molar-refractivity contribution in [2.75, 3.05) is 24.5 Å². The first-order chi connectivity index (χ1) is 12.9. The summed E-state index contributed by atoms with van der Waals surface area (Å²) >= 11 is 1.06. The molecule has 1 fully saturated rings. The number of aromatic nitrogens is 1. The molecule has 1 N–H and O–H groups in total. The van der Waals surface area contributed by atoms with Crippen molar-refractivity contribution >= 4 is 27.0 Å². The first-order valence-corrected chi connectivity index (χ1v) is 10.8. The van der Waals surface area contributed by atoms with Gasteiger partial charge >= 0.3 is 6.18 Å². The van der Waals surface area contributed by atoms with Gasteiger partial charge in [-0.15, -0.1) is 11.3 Å². The number of hydrogen-bond donors (Lipinski definition) is 1. The van der Waals surface area contributed by atoms with Crippen molar-refractivity contribution in [3.8, 4) is 0 Å². The molecule has 1 saturated heterocycles. The molecule has 154 valence electrons. The summed E-state index contributed by atoms with van der Waals surface area (Å²) < 4.78 is 65.6. The summed E-state index contributed by atoms with van der Waals surface area (Å²) in [7, 11) is -3.64. The van der Waals surface area contributed by atoms with Crippen LogP contribution in [0.15, 0.2) is 40.2 Å². The van der Waals surface area contributed by atoms with Gasteiger partial charge in [-0.2, -0.15) is 17.5 Å². The molecule has 0 unspecified atom stereocenters. The molecule has 1 aliphatic rings. The van der Waals surface area contributed by atoms with Gasteiger partial charge in [0.1, 0.15) is 0 Å². The Kier molecular flexibility index (Phi) is 5.47. The lowest BCUT2D eigenvalue weighted by atomic mass is 9.95. The molecule has 0 radical (unpaired) electrons. The van der Waals surface area contributed by atoms with Crippen molar-refractivity contribution in [3.63, 3.8) is 0 Å². The van der Waals surface area contributed by atoms with Crippen molar-refractivity contribution in [1.29, 1.82) is 0 Å². The highest BCUT2D eigenvalue weighted by molar-refractivity contribution is 7.91. The Balaban J connectivity index is 1.75. The third-order valence-electron chi connectivity index (χ3n) is 4.87. The summed E-state index contributed by atoms with van der Waals surface area (Å²) in [4.78, 5) is 5.81. The average molecular weight is 435 g/mol. The van der Waals surface area contributed by atoms with Gasteiger partial charge in [0.2, 0.25) is 4.34 Å². The Hall–Kier alpha value is -1.69. The van der Waals surface area contributed by atoms with Crippen LogP contribution in [0.4, 0.5) is 18.9 Å². The van der Waals surface area contributed by atoms with E-state index in [2.05, 4.69) is 4.98 Å². The molecule has 0 amide bonds. The molecule has 0 spiro atoms. The lowest BCUT2D eigenvalue weighted by Crippen LogP contribution is -2.53. The van der Waals surface area contributed by atoms with Crippen LogP contribution in [0.1, 0.15) is 19.4 Å². The molecule has 2 atom stereocenters. The van der Waals surface area contributed by atoms with Crippen LogP contribution in [0.5, 0.6) is 0 Å². The summed E-state index contributed by atoms with van der Waals surface area (Å²) in [5.41, 5.74) is -2.51. The van der Waals surface area contributed by atoms with E-state index in [4.69, 9.17) is 0 Å². The second-order valence-corrected chi connectivity index (χ2v) is 9.83. The third kappa shape index (κ3) is 3.76. The number of halogens is 3. The first kappa shape index (κ1) is 21.0. The van der Waals surface area contributed by atoms with Crippen molar-refractivity contribution in [1.82, 2.24) is 9.29 Å². The molecule has 1 aromatic carbocycles. The average Bonchev–Trinajstić information content (AvgIpc) is 3.16. The van der Waals surface area contributed by atoms with Gasteiger partial charge in [0.25, 0.3) is 10.0 Å². The van der Waals surface area contributed by atoms with E-state index in [1.807, 2.05) is 11.8 Å². The minimum atomic E-state index is -4.78. The van der Waals surface area contributed by atoms with Crippen LogP contribution < -0.4 is 4.90 Å². The minimum Gasteiger partial charge on any atom is -0.376 e. The van der Waals surface area contributed by atoms with Crippen LogP contribution in [-0.2, 0) is 15.6 Å². The monoisotopic (exact) mass is 435 g/mol. The molecule has 0 aliphatic carbocycles. The second kappa shape index (κ2) is 7.29. The highest BCUT2D eigenvalue weighted by Crippen LogP contribution is 2.39. The Labute approximate surface area is 165 Å². The van der Waals surface area contributed by atoms with Gasteiger partial charge in [-0.1, -0.05) is 12.1 Å². The topological polar surface area (TPSA) is 73.7 Å². The van der Waals surface area contributed by atoms with E-state index in [0.717, 1.165) is 11.3 Å². The zero-order valence-electron chi connectivity index (χ0n) is 15.2. The zero-order chi connectivity index (χ0) is 20.7. The molecule has 11 heteroatoms. The van der Waals surface area contributed by atoms with Crippen LogP contribution in [-0.4, -0.2) is 54.7 Å². The van der Waals surface area contributed by atoms with Crippen LogP contribution in [0, 0.1) is 0 Å². The summed E-state index contributed by atoms with van der Waals surface area (Å²) in [5.74, 6) is 0. The van der Waals surface area contributed by atoms with Gasteiger partial charge in [0.05, 0.1) is 0 Å². The molecule has 0 saturated carbocycles. The van der Waals surface area contributed by atoms with Gasteiger partial charge in [-0.05, 0) is 31.5 Å². The number of piperazine rings is 1. The van der Waals surface area contributed by atoms with Gasteiger partial charge < -0.3 is 10.0 Å². The fraction of sp³-hybridized carbons (Fsp3) is 0.471. The highest BCUT2D eigenvalue weighted by Gasteiger charge is 2.51. The molecule has 6 nitrogen and oxygen atoms in total. The summed E-state index contributed by atoms with van der Waals surface area (Å²) in [6.45, 7) is 3.44. The molecule has 1 aromatic heterocycles. The Morgan fingerprint density at radius 3 is 2.36 bits per heavy atom. The number of aliphatic hydroxyl groups is 1. The van der Waals surface area contributed by atoms with E-state index < -0.39 is 21.8 Å². The van der Waals surface area contributed by atoms with Gasteiger partial charge in [-0.3, -0.25) is 0 Å². The highest BCUT2D eigenvalue weighted by atomic mass is 32.2. The first-order valence-electron chi connectivity index (χ1n) is 8.50. The lowest BCUT2D eigenvalue weighted by molar-refractivity contribution is -0.258. The number of nitrogens with zero attached hydrogens (tertiary/aromatic N) is 3. The van der Waals surface area contributed by atoms with Crippen LogP contribution in [0.3, 0.4) is 0 Å².